The summed E-state index contributed by atoms with van der Waals surface area (Å²) in [7, 11) is 1.69. The molecule has 6 aromatic rings. The molecule has 0 aliphatic carbocycles. The Bertz CT molecular complexity index is 2250. The van der Waals surface area contributed by atoms with E-state index in [0.29, 0.717) is 30.5 Å². The second-order valence-electron chi connectivity index (χ2n) is 13.9. The Labute approximate surface area is 296 Å². The Morgan fingerprint density at radius 1 is 0.882 bits per heavy atom. The molecule has 11 heteroatoms. The number of hydrogen-bond donors (Lipinski definition) is 3. The highest BCUT2D eigenvalue weighted by molar-refractivity contribution is 5.91. The highest BCUT2D eigenvalue weighted by Crippen LogP contribution is 2.37. The van der Waals surface area contributed by atoms with E-state index < -0.39 is 0 Å². The Hall–Kier alpha value is -5.23. The SMILES string of the molecule is CNC(=O)[C@@H]1CCN(Cc2cnc3oc(-c4cccc(-c5cccc(Nc6nccc7cc(CN8CC[C@@H](O)C8)cnc67)c5C)c4C)nc3c2)C1. The number of aliphatic hydroxyl groups is 1. The van der Waals surface area contributed by atoms with Gasteiger partial charge in [0, 0.05) is 75.0 Å². The highest BCUT2D eigenvalue weighted by atomic mass is 16.4. The Morgan fingerprint density at radius 3 is 2.41 bits per heavy atom. The summed E-state index contributed by atoms with van der Waals surface area (Å²) in [4.78, 5) is 35.6. The van der Waals surface area contributed by atoms with Gasteiger partial charge in [0.1, 0.15) is 11.0 Å². The van der Waals surface area contributed by atoms with Gasteiger partial charge in [0.05, 0.1) is 12.0 Å². The van der Waals surface area contributed by atoms with E-state index in [0.717, 1.165) is 100 Å². The van der Waals surface area contributed by atoms with Gasteiger partial charge < -0.3 is 20.2 Å². The zero-order valence-corrected chi connectivity index (χ0v) is 29.2. The molecule has 51 heavy (non-hydrogen) atoms. The van der Waals surface area contributed by atoms with Gasteiger partial charge in [-0.1, -0.05) is 24.3 Å². The summed E-state index contributed by atoms with van der Waals surface area (Å²) in [5.41, 5.74) is 10.4. The van der Waals surface area contributed by atoms with Gasteiger partial charge in [-0.2, -0.15) is 0 Å². The summed E-state index contributed by atoms with van der Waals surface area (Å²) in [6, 6.07) is 18.7. The second kappa shape index (κ2) is 13.8. The van der Waals surface area contributed by atoms with Crippen molar-refractivity contribution < 1.29 is 14.3 Å². The molecule has 0 bridgehead atoms. The van der Waals surface area contributed by atoms with Crippen molar-refractivity contribution in [3.8, 4) is 22.6 Å². The molecule has 0 saturated carbocycles. The van der Waals surface area contributed by atoms with E-state index in [1.54, 1.807) is 7.05 Å². The standard InChI is InChI=1S/C40H42N8O3/c1-24-31(6-4-8-33(24)39-46-35-17-27(19-44-40(35)51-39)21-47-14-11-29(22-47)38(50)41-3)32-7-5-9-34(25(32)2)45-37-36-28(10-13-42-37)16-26(18-43-36)20-48-15-12-30(49)23-48/h4-10,13,16-19,29-30,49H,11-12,14-15,20-23H2,1-3H3,(H,41,50)(H,42,45)/t29-,30-/m1/s1. The predicted octanol–water partition coefficient (Wildman–Crippen LogP) is 5.99. The van der Waals surface area contributed by atoms with Crippen LogP contribution >= 0.6 is 0 Å². The smallest absolute Gasteiger partial charge is 0.247 e. The number of hydrogen-bond acceptors (Lipinski definition) is 10. The molecule has 0 radical (unpaired) electrons. The van der Waals surface area contributed by atoms with Crippen LogP contribution in [0.2, 0.25) is 0 Å². The maximum atomic E-state index is 12.1. The van der Waals surface area contributed by atoms with E-state index in [2.05, 4.69) is 74.6 Å². The van der Waals surface area contributed by atoms with Gasteiger partial charge >= 0.3 is 0 Å². The quantitative estimate of drug-likeness (QED) is 0.167. The maximum Gasteiger partial charge on any atom is 0.247 e. The molecule has 3 N–H and O–H groups in total. The molecule has 11 nitrogen and oxygen atoms in total. The molecular formula is C40H42N8O3. The zero-order valence-electron chi connectivity index (χ0n) is 29.2. The molecule has 2 saturated heterocycles. The minimum Gasteiger partial charge on any atom is -0.418 e. The lowest BCUT2D eigenvalue weighted by Crippen LogP contribution is -2.30. The first-order valence-corrected chi connectivity index (χ1v) is 17.6. The van der Waals surface area contributed by atoms with Gasteiger partial charge in [0.2, 0.25) is 17.5 Å². The van der Waals surface area contributed by atoms with Crippen LogP contribution in [0, 0.1) is 19.8 Å². The average Bonchev–Trinajstić information content (AvgIpc) is 3.89. The number of amides is 1. The van der Waals surface area contributed by atoms with Crippen molar-refractivity contribution in [2.45, 2.75) is 45.9 Å². The molecule has 0 spiro atoms. The van der Waals surface area contributed by atoms with Crippen molar-refractivity contribution in [3.05, 3.63) is 95.4 Å². The van der Waals surface area contributed by atoms with Gasteiger partial charge in [-0.05, 0) is 96.9 Å². The van der Waals surface area contributed by atoms with E-state index in [9.17, 15) is 9.90 Å². The van der Waals surface area contributed by atoms with Gasteiger partial charge in [0.25, 0.3) is 0 Å². The first-order valence-electron chi connectivity index (χ1n) is 17.6. The van der Waals surface area contributed by atoms with Crippen molar-refractivity contribution in [1.82, 2.24) is 35.1 Å². The lowest BCUT2D eigenvalue weighted by Gasteiger charge is -2.17. The molecule has 260 valence electrons. The minimum absolute atomic E-state index is 0.0308. The van der Waals surface area contributed by atoms with Crippen LogP contribution < -0.4 is 10.6 Å². The molecule has 1 amide bonds. The largest absolute Gasteiger partial charge is 0.418 e. The number of benzene rings is 2. The third kappa shape index (κ3) is 6.67. The van der Waals surface area contributed by atoms with E-state index in [1.807, 2.05) is 42.9 Å². The predicted molar refractivity (Wildman–Crippen MR) is 198 cm³/mol. The summed E-state index contributed by atoms with van der Waals surface area (Å²) < 4.78 is 6.21. The summed E-state index contributed by atoms with van der Waals surface area (Å²) in [6.07, 6.45) is 7.01. The van der Waals surface area contributed by atoms with E-state index in [-0.39, 0.29) is 17.9 Å². The normalized spacial score (nSPS) is 18.2. The molecule has 2 aliphatic rings. The fourth-order valence-corrected chi connectivity index (χ4v) is 7.57. The molecule has 2 fully saturated rings. The van der Waals surface area contributed by atoms with Crippen LogP contribution in [0.25, 0.3) is 44.7 Å². The van der Waals surface area contributed by atoms with Crippen molar-refractivity contribution in [2.75, 3.05) is 38.5 Å². The van der Waals surface area contributed by atoms with E-state index in [4.69, 9.17) is 14.4 Å². The van der Waals surface area contributed by atoms with Crippen LogP contribution in [0.4, 0.5) is 11.5 Å². The molecule has 2 aromatic carbocycles. The average molecular weight is 683 g/mol. The van der Waals surface area contributed by atoms with E-state index in [1.165, 1.54) is 0 Å². The summed E-state index contributed by atoms with van der Waals surface area (Å²) in [6.45, 7) is 8.93. The van der Waals surface area contributed by atoms with Crippen LogP contribution in [0.5, 0.6) is 0 Å². The fourth-order valence-electron chi connectivity index (χ4n) is 7.57. The summed E-state index contributed by atoms with van der Waals surface area (Å²) in [5.74, 6) is 1.37. The lowest BCUT2D eigenvalue weighted by atomic mass is 9.93. The van der Waals surface area contributed by atoms with Crippen molar-refractivity contribution >= 4 is 39.5 Å². The van der Waals surface area contributed by atoms with E-state index >= 15 is 0 Å². The molecule has 8 rings (SSSR count). The van der Waals surface area contributed by atoms with Gasteiger partial charge in [0.15, 0.2) is 5.82 Å². The first kappa shape index (κ1) is 32.9. The third-order valence-electron chi connectivity index (χ3n) is 10.4. The second-order valence-corrected chi connectivity index (χ2v) is 13.9. The van der Waals surface area contributed by atoms with Crippen molar-refractivity contribution in [3.63, 3.8) is 0 Å². The van der Waals surface area contributed by atoms with Crippen LogP contribution in [0.1, 0.15) is 35.1 Å². The molecule has 6 heterocycles. The highest BCUT2D eigenvalue weighted by Gasteiger charge is 2.28. The number of aliphatic hydroxyl groups excluding tert-OH is 1. The Kier molecular flexibility index (Phi) is 8.93. The molecular weight excluding hydrogens is 640 g/mol. The molecule has 2 aliphatic heterocycles. The number of nitrogens with zero attached hydrogens (tertiary/aromatic N) is 6. The molecule has 2 atom stereocenters. The van der Waals surface area contributed by atoms with Gasteiger partial charge in [-0.25, -0.2) is 15.0 Å². The van der Waals surface area contributed by atoms with Crippen LogP contribution in [-0.2, 0) is 17.9 Å². The number of β-amino-alcohol motifs (C(OH)–C–C–N with tert-alkyl or cyclic N) is 1. The number of pyridine rings is 3. The minimum atomic E-state index is -0.241. The van der Waals surface area contributed by atoms with Crippen molar-refractivity contribution in [2.24, 2.45) is 5.92 Å². The number of rotatable bonds is 9. The monoisotopic (exact) mass is 682 g/mol. The van der Waals surface area contributed by atoms with Crippen LogP contribution in [0.15, 0.2) is 77.6 Å². The summed E-state index contributed by atoms with van der Waals surface area (Å²) in [5, 5.41) is 17.3. The maximum absolute atomic E-state index is 12.1. The van der Waals surface area contributed by atoms with Crippen LogP contribution in [-0.4, -0.2) is 80.1 Å². The van der Waals surface area contributed by atoms with Gasteiger partial charge in [-0.15, -0.1) is 0 Å². The number of aromatic nitrogens is 4. The third-order valence-corrected chi connectivity index (χ3v) is 10.4. The topological polar surface area (TPSA) is 133 Å². The Balaban J connectivity index is 1.03. The number of oxazole rings is 1. The van der Waals surface area contributed by atoms with Gasteiger partial charge in [-0.3, -0.25) is 19.6 Å². The molecule has 0 unspecified atom stereocenters. The number of carbonyl (C=O) groups excluding carboxylic acids is 1. The van der Waals surface area contributed by atoms with Crippen molar-refractivity contribution in [1.29, 1.82) is 0 Å². The first-order chi connectivity index (χ1) is 24.8. The fraction of sp³-hybridized carbons (Fsp3) is 0.325. The number of likely N-dealkylation sites (tertiary alicyclic amines) is 2. The number of nitrogens with one attached hydrogen (secondary N) is 2. The molecule has 4 aromatic heterocycles. The lowest BCUT2D eigenvalue weighted by molar-refractivity contribution is -0.124. The number of anilines is 2. The van der Waals surface area contributed by atoms with Crippen LogP contribution in [0.3, 0.4) is 0 Å². The zero-order chi connectivity index (χ0) is 35.1. The number of fused-ring (bicyclic) bond motifs is 2. The number of carbonyl (C=O) groups is 1. The summed E-state index contributed by atoms with van der Waals surface area (Å²) >= 11 is 0. The Morgan fingerprint density at radius 2 is 1.61 bits per heavy atom.